The van der Waals surface area contributed by atoms with Gasteiger partial charge >= 0.3 is 0 Å². The van der Waals surface area contributed by atoms with Crippen LogP contribution >= 0.6 is 11.3 Å². The second kappa shape index (κ2) is 9.59. The highest BCUT2D eigenvalue weighted by Gasteiger charge is 2.16. The fraction of sp³-hybridized carbons (Fsp3) is 0.160. The topological polar surface area (TPSA) is 98.7 Å². The van der Waals surface area contributed by atoms with Crippen LogP contribution in [-0.2, 0) is 11.2 Å². The van der Waals surface area contributed by atoms with Crippen LogP contribution in [0.25, 0.3) is 28.3 Å². The van der Waals surface area contributed by atoms with E-state index in [1.165, 1.54) is 23.5 Å². The Morgan fingerprint density at radius 1 is 1.17 bits per heavy atom. The van der Waals surface area contributed by atoms with E-state index in [0.717, 1.165) is 33.9 Å². The van der Waals surface area contributed by atoms with E-state index in [1.54, 1.807) is 30.6 Å². The Labute approximate surface area is 204 Å². The van der Waals surface area contributed by atoms with Gasteiger partial charge in [0.15, 0.2) is 5.13 Å². The lowest BCUT2D eigenvalue weighted by Crippen LogP contribution is -2.12. The van der Waals surface area contributed by atoms with Crippen LogP contribution in [0.5, 0.6) is 0 Å². The number of pyridine rings is 1. The molecule has 4 heterocycles. The summed E-state index contributed by atoms with van der Waals surface area (Å²) >= 11 is 1.36. The van der Waals surface area contributed by atoms with Crippen LogP contribution in [0.2, 0.25) is 0 Å². The van der Waals surface area contributed by atoms with Crippen molar-refractivity contribution in [2.75, 3.05) is 5.32 Å². The van der Waals surface area contributed by atoms with Crippen molar-refractivity contribution >= 4 is 22.4 Å². The minimum atomic E-state index is -0.274. The van der Waals surface area contributed by atoms with Gasteiger partial charge in [-0.25, -0.2) is 9.37 Å². The highest BCUT2D eigenvalue weighted by molar-refractivity contribution is 7.14. The van der Waals surface area contributed by atoms with Gasteiger partial charge in [-0.2, -0.15) is 4.98 Å². The van der Waals surface area contributed by atoms with Crippen LogP contribution in [0.1, 0.15) is 23.7 Å². The van der Waals surface area contributed by atoms with Crippen LogP contribution in [-0.4, -0.2) is 30.6 Å². The second-order valence-corrected chi connectivity index (χ2v) is 8.79. The zero-order chi connectivity index (χ0) is 24.4. The number of nitrogens with zero attached hydrogens (tertiary/aromatic N) is 5. The Morgan fingerprint density at radius 3 is 2.77 bits per heavy atom. The van der Waals surface area contributed by atoms with Crippen molar-refractivity contribution in [3.8, 4) is 28.3 Å². The lowest BCUT2D eigenvalue weighted by atomic mass is 10.2. The number of aromatic nitrogens is 5. The number of carbonyl (C=O) groups excluding carboxylic acids is 1. The van der Waals surface area contributed by atoms with Crippen LogP contribution < -0.4 is 5.32 Å². The average Bonchev–Trinajstić information content (AvgIpc) is 3.59. The molecular weight excluding hydrogens is 467 g/mol. The van der Waals surface area contributed by atoms with E-state index >= 15 is 0 Å². The van der Waals surface area contributed by atoms with Crippen molar-refractivity contribution in [3.63, 3.8) is 0 Å². The quantitative estimate of drug-likeness (QED) is 0.331. The van der Waals surface area contributed by atoms with Gasteiger partial charge in [-0.3, -0.25) is 9.78 Å². The summed E-state index contributed by atoms with van der Waals surface area (Å²) < 4.78 is 20.6. The van der Waals surface area contributed by atoms with E-state index in [2.05, 4.69) is 30.0 Å². The molecule has 0 saturated carbocycles. The van der Waals surface area contributed by atoms with E-state index in [4.69, 9.17) is 4.52 Å². The summed E-state index contributed by atoms with van der Waals surface area (Å²) in [6.45, 7) is 3.99. The fourth-order valence-corrected chi connectivity index (χ4v) is 4.56. The smallest absolute Gasteiger partial charge is 0.227 e. The minimum absolute atomic E-state index is 0.183. The lowest BCUT2D eigenvalue weighted by Gasteiger charge is -2.09. The number of rotatable bonds is 7. The molecular formula is C25H21FN6O2S. The van der Waals surface area contributed by atoms with Crippen molar-refractivity contribution in [2.45, 2.75) is 26.7 Å². The number of amides is 1. The van der Waals surface area contributed by atoms with Crippen LogP contribution in [0, 0.1) is 19.7 Å². The van der Waals surface area contributed by atoms with Gasteiger partial charge in [0, 0.05) is 58.8 Å². The van der Waals surface area contributed by atoms with Crippen LogP contribution in [0.4, 0.5) is 9.52 Å². The minimum Gasteiger partial charge on any atom is -0.339 e. The predicted octanol–water partition coefficient (Wildman–Crippen LogP) is 5.37. The molecule has 35 heavy (non-hydrogen) atoms. The summed E-state index contributed by atoms with van der Waals surface area (Å²) in [5.74, 6) is 0.358. The van der Waals surface area contributed by atoms with Gasteiger partial charge in [-0.05, 0) is 56.3 Å². The lowest BCUT2D eigenvalue weighted by molar-refractivity contribution is -0.116. The molecule has 0 fully saturated rings. The summed E-state index contributed by atoms with van der Waals surface area (Å²) in [4.78, 5) is 25.4. The average molecular weight is 489 g/mol. The third-order valence-electron chi connectivity index (χ3n) is 5.50. The molecule has 0 bridgehead atoms. The van der Waals surface area contributed by atoms with Gasteiger partial charge in [0.2, 0.25) is 17.6 Å². The molecule has 0 aliphatic rings. The Hall–Kier alpha value is -4.18. The summed E-state index contributed by atoms with van der Waals surface area (Å²) in [7, 11) is 0. The molecule has 4 aromatic heterocycles. The van der Waals surface area contributed by atoms with Gasteiger partial charge in [-0.15, -0.1) is 11.3 Å². The molecule has 0 unspecified atom stereocenters. The van der Waals surface area contributed by atoms with Gasteiger partial charge < -0.3 is 14.4 Å². The van der Waals surface area contributed by atoms with Gasteiger partial charge in [0.25, 0.3) is 0 Å². The monoisotopic (exact) mass is 488 g/mol. The van der Waals surface area contributed by atoms with E-state index < -0.39 is 0 Å². The molecule has 1 amide bonds. The van der Waals surface area contributed by atoms with E-state index in [0.29, 0.717) is 23.3 Å². The molecule has 10 heteroatoms. The number of carbonyl (C=O) groups is 1. The summed E-state index contributed by atoms with van der Waals surface area (Å²) in [5, 5.41) is 9.20. The Balaban J connectivity index is 1.23. The van der Waals surface area contributed by atoms with Gasteiger partial charge in [-0.1, -0.05) is 5.16 Å². The van der Waals surface area contributed by atoms with Crippen molar-refractivity contribution < 1.29 is 13.7 Å². The first-order valence-electron chi connectivity index (χ1n) is 10.9. The molecule has 176 valence electrons. The maximum absolute atomic E-state index is 13.3. The normalized spacial score (nSPS) is 11.1. The highest BCUT2D eigenvalue weighted by Crippen LogP contribution is 2.31. The number of thiazole rings is 1. The molecule has 0 saturated heterocycles. The number of nitrogens with one attached hydrogen (secondary N) is 1. The molecule has 1 N–H and O–H groups in total. The third-order valence-corrected chi connectivity index (χ3v) is 6.25. The standard InChI is InChI=1S/C25H21FN6O2S/c1-15-12-20(16(2)32(15)19-7-5-18(26)6-8-19)21-14-35-25(28-21)29-22(33)9-10-23-30-24(31-34-23)17-4-3-11-27-13-17/h3-8,11-14H,9-10H2,1-2H3,(H,28,29,33). The molecule has 0 radical (unpaired) electrons. The third kappa shape index (κ3) is 4.87. The first-order chi connectivity index (χ1) is 17.0. The maximum Gasteiger partial charge on any atom is 0.227 e. The molecule has 0 aliphatic heterocycles. The van der Waals surface area contributed by atoms with Crippen molar-refractivity contribution in [3.05, 3.63) is 83.3 Å². The molecule has 1 aromatic carbocycles. The predicted molar refractivity (Wildman–Crippen MR) is 131 cm³/mol. The number of halogens is 1. The van der Waals surface area contributed by atoms with Gasteiger partial charge in [0.05, 0.1) is 5.69 Å². The fourth-order valence-electron chi connectivity index (χ4n) is 3.84. The summed E-state index contributed by atoms with van der Waals surface area (Å²) in [6.07, 6.45) is 3.82. The largest absolute Gasteiger partial charge is 0.339 e. The molecule has 5 aromatic rings. The summed E-state index contributed by atoms with van der Waals surface area (Å²) in [5.41, 5.74) is 5.35. The highest BCUT2D eigenvalue weighted by atomic mass is 32.1. The molecule has 5 rings (SSSR count). The molecule has 8 nitrogen and oxygen atoms in total. The number of benzene rings is 1. The number of hydrogen-bond donors (Lipinski definition) is 1. The van der Waals surface area contributed by atoms with Crippen LogP contribution in [0.3, 0.4) is 0 Å². The Kier molecular flexibility index (Phi) is 6.19. The van der Waals surface area contributed by atoms with Crippen molar-refractivity contribution in [1.29, 1.82) is 0 Å². The Morgan fingerprint density at radius 2 is 2.00 bits per heavy atom. The number of hydrogen-bond acceptors (Lipinski definition) is 7. The van der Waals surface area contributed by atoms with E-state index in [-0.39, 0.29) is 18.1 Å². The zero-order valence-corrected chi connectivity index (χ0v) is 19.8. The van der Waals surface area contributed by atoms with Crippen molar-refractivity contribution in [2.24, 2.45) is 0 Å². The second-order valence-electron chi connectivity index (χ2n) is 7.94. The first-order valence-corrected chi connectivity index (χ1v) is 11.8. The van der Waals surface area contributed by atoms with E-state index in [9.17, 15) is 9.18 Å². The SMILES string of the molecule is Cc1cc(-c2csc(NC(=O)CCc3nc(-c4cccnc4)no3)n2)c(C)n1-c1ccc(F)cc1. The maximum atomic E-state index is 13.3. The Bertz CT molecular complexity index is 1470. The number of aryl methyl sites for hydroxylation is 2. The van der Waals surface area contributed by atoms with Gasteiger partial charge in [0.1, 0.15) is 5.82 Å². The number of anilines is 1. The zero-order valence-electron chi connectivity index (χ0n) is 19.0. The van der Waals surface area contributed by atoms with Crippen molar-refractivity contribution in [1.82, 2.24) is 24.7 Å². The molecule has 0 spiro atoms. The summed E-state index contributed by atoms with van der Waals surface area (Å²) in [6, 6.07) is 12.0. The first kappa shape index (κ1) is 22.6. The van der Waals surface area contributed by atoms with E-state index in [1.807, 2.05) is 31.4 Å². The molecule has 0 atom stereocenters. The molecule has 0 aliphatic carbocycles. The van der Waals surface area contributed by atoms with Crippen LogP contribution in [0.15, 0.2) is 64.8 Å².